The van der Waals surface area contributed by atoms with Crippen LogP contribution in [0.15, 0.2) is 48.5 Å². The van der Waals surface area contributed by atoms with Crippen LogP contribution in [-0.4, -0.2) is 11.7 Å². The molecule has 0 radical (unpaired) electrons. The molecule has 0 spiro atoms. The highest BCUT2D eigenvalue weighted by molar-refractivity contribution is 5.33. The van der Waals surface area contributed by atoms with Crippen LogP contribution in [0.1, 0.15) is 35.6 Å². The second-order valence-corrected chi connectivity index (χ2v) is 5.72. The predicted molar refractivity (Wildman–Crippen MR) is 81.4 cm³/mol. The summed E-state index contributed by atoms with van der Waals surface area (Å²) in [5.41, 5.74) is 2.05. The molecule has 0 amide bonds. The maximum absolute atomic E-state index is 13.4. The van der Waals surface area contributed by atoms with Gasteiger partial charge in [0, 0.05) is 12.1 Å². The second kappa shape index (κ2) is 5.88. The molecule has 4 heteroatoms. The normalized spacial score (nSPS) is 16.8. The first kappa shape index (κ1) is 14.7. The summed E-state index contributed by atoms with van der Waals surface area (Å²) in [5.74, 6) is -0.238. The minimum Gasteiger partial charge on any atom is -0.387 e. The van der Waals surface area contributed by atoms with Gasteiger partial charge in [-0.2, -0.15) is 5.26 Å². The van der Waals surface area contributed by atoms with E-state index in [0.717, 1.165) is 24.0 Å². The molecule has 0 heterocycles. The molecule has 3 rings (SSSR count). The summed E-state index contributed by atoms with van der Waals surface area (Å²) < 4.78 is 13.4. The number of nitriles is 1. The Morgan fingerprint density at radius 3 is 2.55 bits per heavy atom. The summed E-state index contributed by atoms with van der Waals surface area (Å²) in [7, 11) is 0. The zero-order valence-corrected chi connectivity index (χ0v) is 12.1. The van der Waals surface area contributed by atoms with Gasteiger partial charge in [-0.05, 0) is 48.2 Å². The lowest BCUT2D eigenvalue weighted by Gasteiger charge is -2.21. The number of rotatable bonds is 5. The van der Waals surface area contributed by atoms with Crippen LogP contribution in [-0.2, 0) is 5.54 Å². The minimum atomic E-state index is -0.654. The third-order valence-electron chi connectivity index (χ3n) is 4.19. The molecule has 2 N–H and O–H groups in total. The summed E-state index contributed by atoms with van der Waals surface area (Å²) in [6.07, 6.45) is 1.23. The highest BCUT2D eigenvalue weighted by atomic mass is 19.1. The van der Waals surface area contributed by atoms with Crippen molar-refractivity contribution in [2.45, 2.75) is 24.5 Å². The van der Waals surface area contributed by atoms with Crippen LogP contribution in [0.4, 0.5) is 4.39 Å². The Labute approximate surface area is 129 Å². The Hall–Kier alpha value is -2.22. The lowest BCUT2D eigenvalue weighted by Crippen LogP contribution is -2.32. The van der Waals surface area contributed by atoms with Gasteiger partial charge in [-0.1, -0.05) is 24.3 Å². The Bertz CT molecular complexity index is 702. The van der Waals surface area contributed by atoms with Gasteiger partial charge >= 0.3 is 0 Å². The highest BCUT2D eigenvalue weighted by Gasteiger charge is 2.44. The number of halogens is 1. The number of hydrogen-bond acceptors (Lipinski definition) is 3. The molecule has 2 aromatic rings. The number of aliphatic hydroxyl groups excluding tert-OH is 1. The lowest BCUT2D eigenvalue weighted by molar-refractivity contribution is 0.168. The lowest BCUT2D eigenvalue weighted by atomic mass is 10.0. The Morgan fingerprint density at radius 2 is 1.95 bits per heavy atom. The molecule has 1 unspecified atom stereocenters. The van der Waals surface area contributed by atoms with E-state index in [2.05, 4.69) is 11.4 Å². The van der Waals surface area contributed by atoms with Crippen molar-refractivity contribution in [2.24, 2.45) is 0 Å². The molecule has 1 atom stereocenters. The largest absolute Gasteiger partial charge is 0.387 e. The summed E-state index contributed by atoms with van der Waals surface area (Å²) in [5, 5.41) is 22.4. The molecule has 1 saturated carbocycles. The summed E-state index contributed by atoms with van der Waals surface area (Å²) >= 11 is 0. The molecule has 0 bridgehead atoms. The third-order valence-corrected chi connectivity index (χ3v) is 4.19. The quantitative estimate of drug-likeness (QED) is 0.891. The van der Waals surface area contributed by atoms with E-state index >= 15 is 0 Å². The van der Waals surface area contributed by atoms with E-state index in [0.29, 0.717) is 12.1 Å². The Morgan fingerprint density at radius 1 is 1.23 bits per heavy atom. The van der Waals surface area contributed by atoms with Crippen molar-refractivity contribution in [2.75, 3.05) is 6.54 Å². The van der Waals surface area contributed by atoms with Gasteiger partial charge in [-0.3, -0.25) is 0 Å². The molecule has 0 aliphatic heterocycles. The van der Waals surface area contributed by atoms with Crippen molar-refractivity contribution >= 4 is 0 Å². The minimum absolute atomic E-state index is 0.213. The van der Waals surface area contributed by atoms with E-state index in [1.807, 2.05) is 6.07 Å². The summed E-state index contributed by atoms with van der Waals surface area (Å²) in [4.78, 5) is 0. The van der Waals surface area contributed by atoms with Crippen LogP contribution in [0.5, 0.6) is 0 Å². The highest BCUT2D eigenvalue weighted by Crippen LogP contribution is 2.45. The molecular weight excluding hydrogens is 279 g/mol. The van der Waals surface area contributed by atoms with Crippen LogP contribution in [0.3, 0.4) is 0 Å². The van der Waals surface area contributed by atoms with Gasteiger partial charge in [0.2, 0.25) is 0 Å². The first-order valence-electron chi connectivity index (χ1n) is 7.32. The first-order valence-corrected chi connectivity index (χ1v) is 7.32. The average molecular weight is 296 g/mol. The van der Waals surface area contributed by atoms with Crippen molar-refractivity contribution in [3.05, 3.63) is 71.0 Å². The Balaban J connectivity index is 1.65. The van der Waals surface area contributed by atoms with Gasteiger partial charge in [0.25, 0.3) is 0 Å². The molecular formula is C18H17FN2O. The van der Waals surface area contributed by atoms with Crippen molar-refractivity contribution in [3.63, 3.8) is 0 Å². The summed E-state index contributed by atoms with van der Waals surface area (Å²) in [6, 6.07) is 15.6. The average Bonchev–Trinajstić information content (AvgIpc) is 3.34. The zero-order valence-electron chi connectivity index (χ0n) is 12.1. The predicted octanol–water partition coefficient (Wildman–Crippen LogP) is 3.01. The van der Waals surface area contributed by atoms with Crippen molar-refractivity contribution in [3.8, 4) is 6.07 Å². The fourth-order valence-electron chi connectivity index (χ4n) is 2.67. The van der Waals surface area contributed by atoms with Crippen LogP contribution in [0, 0.1) is 17.1 Å². The molecule has 1 fully saturated rings. The first-order chi connectivity index (χ1) is 10.6. The molecule has 1 aliphatic carbocycles. The second-order valence-electron chi connectivity index (χ2n) is 5.72. The van der Waals surface area contributed by atoms with Gasteiger partial charge in [0.1, 0.15) is 5.82 Å². The van der Waals surface area contributed by atoms with Crippen LogP contribution in [0.25, 0.3) is 0 Å². The number of nitrogens with one attached hydrogen (secondary N) is 1. The summed E-state index contributed by atoms with van der Waals surface area (Å²) in [6.45, 7) is 0.391. The van der Waals surface area contributed by atoms with E-state index in [4.69, 9.17) is 5.26 Å². The number of nitrogens with zero attached hydrogens (tertiary/aromatic N) is 1. The van der Waals surface area contributed by atoms with E-state index in [-0.39, 0.29) is 11.4 Å². The van der Waals surface area contributed by atoms with E-state index in [1.165, 1.54) is 6.07 Å². The molecule has 2 aromatic carbocycles. The third kappa shape index (κ3) is 3.01. The van der Waals surface area contributed by atoms with Crippen LogP contribution >= 0.6 is 0 Å². The fourth-order valence-corrected chi connectivity index (χ4v) is 2.67. The SMILES string of the molecule is N#Cc1ccc(C(O)CNC2(c3cccc(F)c3)CC2)cc1. The molecule has 3 nitrogen and oxygen atoms in total. The standard InChI is InChI=1S/C18H17FN2O/c19-16-3-1-2-15(10-16)18(8-9-18)21-12-17(22)14-6-4-13(11-20)5-7-14/h1-7,10,17,21-22H,8-9,12H2. The molecule has 1 aliphatic rings. The van der Waals surface area contributed by atoms with E-state index in [1.54, 1.807) is 36.4 Å². The van der Waals surface area contributed by atoms with E-state index < -0.39 is 6.10 Å². The van der Waals surface area contributed by atoms with Crippen molar-refractivity contribution in [1.29, 1.82) is 5.26 Å². The van der Waals surface area contributed by atoms with Crippen molar-refractivity contribution in [1.82, 2.24) is 5.32 Å². The molecule has 0 saturated heterocycles. The smallest absolute Gasteiger partial charge is 0.123 e. The number of aliphatic hydroxyl groups is 1. The zero-order chi connectivity index (χ0) is 15.6. The monoisotopic (exact) mass is 296 g/mol. The fraction of sp³-hybridized carbons (Fsp3) is 0.278. The van der Waals surface area contributed by atoms with Gasteiger partial charge in [-0.15, -0.1) is 0 Å². The number of benzene rings is 2. The van der Waals surface area contributed by atoms with Gasteiger partial charge in [0.15, 0.2) is 0 Å². The van der Waals surface area contributed by atoms with Gasteiger partial charge in [-0.25, -0.2) is 4.39 Å². The topological polar surface area (TPSA) is 56.0 Å². The van der Waals surface area contributed by atoms with Crippen LogP contribution < -0.4 is 5.32 Å². The maximum Gasteiger partial charge on any atom is 0.123 e. The molecule has 22 heavy (non-hydrogen) atoms. The maximum atomic E-state index is 13.4. The van der Waals surface area contributed by atoms with Crippen molar-refractivity contribution < 1.29 is 9.50 Å². The van der Waals surface area contributed by atoms with Crippen LogP contribution in [0.2, 0.25) is 0 Å². The number of hydrogen-bond donors (Lipinski definition) is 2. The van der Waals surface area contributed by atoms with Gasteiger partial charge < -0.3 is 10.4 Å². The molecule has 112 valence electrons. The molecule has 0 aromatic heterocycles. The van der Waals surface area contributed by atoms with E-state index in [9.17, 15) is 9.50 Å². The van der Waals surface area contributed by atoms with Gasteiger partial charge in [0.05, 0.1) is 17.7 Å². The Kier molecular flexibility index (Phi) is 3.93.